The van der Waals surface area contributed by atoms with Crippen molar-refractivity contribution in [1.82, 2.24) is 20.1 Å². The highest BCUT2D eigenvalue weighted by Gasteiger charge is 2.17. The predicted octanol–water partition coefficient (Wildman–Crippen LogP) is 5.13. The Hall–Kier alpha value is -2.41. The van der Waals surface area contributed by atoms with E-state index in [1.54, 1.807) is 12.3 Å². The lowest BCUT2D eigenvalue weighted by molar-refractivity contribution is 0.0958. The van der Waals surface area contributed by atoms with Gasteiger partial charge in [-0.25, -0.2) is 0 Å². The molecule has 148 valence electrons. The number of hydrogen-bond donors (Lipinski definition) is 1. The molecule has 5 nitrogen and oxygen atoms in total. The molecule has 0 saturated heterocycles. The summed E-state index contributed by atoms with van der Waals surface area (Å²) >= 11 is 13.7. The molecular formula is C21H18Cl2N4OS. The van der Waals surface area contributed by atoms with E-state index in [2.05, 4.69) is 15.4 Å². The van der Waals surface area contributed by atoms with E-state index in [0.717, 1.165) is 27.2 Å². The maximum atomic E-state index is 12.6. The van der Waals surface area contributed by atoms with Crippen LogP contribution in [0.4, 0.5) is 0 Å². The fraction of sp³-hybridized carbons (Fsp3) is 0.190. The molecule has 4 rings (SSSR count). The van der Waals surface area contributed by atoms with E-state index in [0.29, 0.717) is 34.4 Å². The van der Waals surface area contributed by atoms with Gasteiger partial charge in [-0.15, -0.1) is 11.3 Å². The van der Waals surface area contributed by atoms with Crippen molar-refractivity contribution in [1.29, 1.82) is 0 Å². The minimum absolute atomic E-state index is 0.0855. The van der Waals surface area contributed by atoms with E-state index in [-0.39, 0.29) is 5.91 Å². The van der Waals surface area contributed by atoms with Crippen molar-refractivity contribution < 1.29 is 4.79 Å². The number of amides is 1. The van der Waals surface area contributed by atoms with Crippen LogP contribution in [-0.2, 0) is 13.0 Å². The number of halogens is 2. The largest absolute Gasteiger partial charge is 0.351 e. The van der Waals surface area contributed by atoms with Crippen molar-refractivity contribution in [2.45, 2.75) is 19.9 Å². The molecule has 29 heavy (non-hydrogen) atoms. The highest BCUT2D eigenvalue weighted by molar-refractivity contribution is 7.20. The fourth-order valence-corrected chi connectivity index (χ4v) is 4.63. The highest BCUT2D eigenvalue weighted by atomic mass is 35.5. The minimum Gasteiger partial charge on any atom is -0.351 e. The Labute approximate surface area is 182 Å². The second-order valence-corrected chi connectivity index (χ2v) is 8.51. The number of nitrogens with zero attached hydrogens (tertiary/aromatic N) is 3. The summed E-state index contributed by atoms with van der Waals surface area (Å²) in [7, 11) is 0. The first-order valence-corrected chi connectivity index (χ1v) is 10.7. The van der Waals surface area contributed by atoms with Crippen LogP contribution < -0.4 is 5.32 Å². The monoisotopic (exact) mass is 444 g/mol. The SMILES string of the molecule is Cc1nn(Cc2ccc(Cl)cc2Cl)c2sc(C(=O)NCCc3ccccn3)cc12. The van der Waals surface area contributed by atoms with E-state index >= 15 is 0 Å². The number of rotatable bonds is 6. The number of pyridine rings is 1. The van der Waals surface area contributed by atoms with Gasteiger partial charge in [-0.1, -0.05) is 35.3 Å². The van der Waals surface area contributed by atoms with Crippen molar-refractivity contribution in [2.24, 2.45) is 0 Å². The summed E-state index contributed by atoms with van der Waals surface area (Å²) in [5.41, 5.74) is 2.76. The first kappa shape index (κ1) is 19.9. The van der Waals surface area contributed by atoms with Crippen LogP contribution >= 0.6 is 34.5 Å². The summed E-state index contributed by atoms with van der Waals surface area (Å²) in [6, 6.07) is 13.1. The molecule has 0 aliphatic heterocycles. The molecule has 0 radical (unpaired) electrons. The normalized spacial score (nSPS) is 11.1. The first-order chi connectivity index (χ1) is 14.0. The number of carbonyl (C=O) groups excluding carboxylic acids is 1. The van der Waals surface area contributed by atoms with Crippen molar-refractivity contribution in [3.05, 3.63) is 80.5 Å². The highest BCUT2D eigenvalue weighted by Crippen LogP contribution is 2.30. The van der Waals surface area contributed by atoms with Crippen molar-refractivity contribution in [3.63, 3.8) is 0 Å². The number of hydrogen-bond acceptors (Lipinski definition) is 4. The van der Waals surface area contributed by atoms with Gasteiger partial charge < -0.3 is 5.32 Å². The molecule has 0 aliphatic rings. The summed E-state index contributed by atoms with van der Waals surface area (Å²) in [5, 5.41) is 9.75. The number of benzene rings is 1. The number of thiophene rings is 1. The average molecular weight is 445 g/mol. The zero-order valence-corrected chi connectivity index (χ0v) is 18.0. The lowest BCUT2D eigenvalue weighted by atomic mass is 10.2. The molecule has 4 aromatic rings. The summed E-state index contributed by atoms with van der Waals surface area (Å²) in [6.07, 6.45) is 2.45. The van der Waals surface area contributed by atoms with Gasteiger partial charge in [0.1, 0.15) is 4.83 Å². The predicted molar refractivity (Wildman–Crippen MR) is 118 cm³/mol. The van der Waals surface area contributed by atoms with Gasteiger partial charge in [0.15, 0.2) is 0 Å². The Balaban J connectivity index is 1.50. The Morgan fingerprint density at radius 1 is 1.21 bits per heavy atom. The summed E-state index contributed by atoms with van der Waals surface area (Å²) in [5.74, 6) is -0.0855. The van der Waals surface area contributed by atoms with E-state index in [4.69, 9.17) is 23.2 Å². The van der Waals surface area contributed by atoms with Gasteiger partial charge in [0, 0.05) is 40.3 Å². The molecule has 1 aromatic carbocycles. The van der Waals surface area contributed by atoms with Crippen LogP contribution in [0.25, 0.3) is 10.2 Å². The van der Waals surface area contributed by atoms with Crippen LogP contribution in [0.2, 0.25) is 10.0 Å². The smallest absolute Gasteiger partial charge is 0.261 e. The van der Waals surface area contributed by atoms with Crippen LogP contribution in [-0.4, -0.2) is 27.2 Å². The summed E-state index contributed by atoms with van der Waals surface area (Å²) in [4.78, 5) is 18.5. The standard InChI is InChI=1S/C21H18Cl2N4OS/c1-13-17-11-19(20(28)25-9-7-16-4-2-3-8-24-16)29-21(17)27(26-13)12-14-5-6-15(22)10-18(14)23/h2-6,8,10-11H,7,9,12H2,1H3,(H,25,28). The summed E-state index contributed by atoms with van der Waals surface area (Å²) in [6.45, 7) is 2.99. The molecule has 0 bridgehead atoms. The molecule has 3 aromatic heterocycles. The van der Waals surface area contributed by atoms with Gasteiger partial charge >= 0.3 is 0 Å². The van der Waals surface area contributed by atoms with Crippen molar-refractivity contribution in [3.8, 4) is 0 Å². The molecule has 3 heterocycles. The Morgan fingerprint density at radius 2 is 2.07 bits per heavy atom. The van der Waals surface area contributed by atoms with Crippen LogP contribution in [0.3, 0.4) is 0 Å². The molecule has 0 atom stereocenters. The van der Waals surface area contributed by atoms with Gasteiger partial charge in [-0.2, -0.15) is 5.10 Å². The van der Waals surface area contributed by atoms with Gasteiger partial charge in [0.05, 0.1) is 17.1 Å². The molecule has 0 saturated carbocycles. The molecule has 8 heteroatoms. The number of nitrogens with one attached hydrogen (secondary N) is 1. The second-order valence-electron chi connectivity index (χ2n) is 6.64. The third kappa shape index (κ3) is 4.45. The maximum absolute atomic E-state index is 12.6. The van der Waals surface area contributed by atoms with E-state index in [1.165, 1.54) is 11.3 Å². The Bertz CT molecular complexity index is 1170. The summed E-state index contributed by atoms with van der Waals surface area (Å²) < 4.78 is 1.88. The van der Waals surface area contributed by atoms with Crippen LogP contribution in [0.1, 0.15) is 26.6 Å². The van der Waals surface area contributed by atoms with Crippen LogP contribution in [0.5, 0.6) is 0 Å². The maximum Gasteiger partial charge on any atom is 0.261 e. The fourth-order valence-electron chi connectivity index (χ4n) is 3.08. The average Bonchev–Trinajstić information content (AvgIpc) is 3.26. The molecule has 0 aliphatic carbocycles. The van der Waals surface area contributed by atoms with Crippen LogP contribution in [0.15, 0.2) is 48.7 Å². The van der Waals surface area contributed by atoms with E-state index in [9.17, 15) is 4.79 Å². The molecular weight excluding hydrogens is 427 g/mol. The van der Waals surface area contributed by atoms with E-state index in [1.807, 2.05) is 48.0 Å². The third-order valence-corrected chi connectivity index (χ3v) is 6.29. The van der Waals surface area contributed by atoms with Gasteiger partial charge in [-0.3, -0.25) is 14.5 Å². The quantitative estimate of drug-likeness (QED) is 0.448. The lowest BCUT2D eigenvalue weighted by Gasteiger charge is -2.06. The van der Waals surface area contributed by atoms with E-state index < -0.39 is 0 Å². The second kappa shape index (κ2) is 8.53. The van der Waals surface area contributed by atoms with Crippen molar-refractivity contribution >= 4 is 50.7 Å². The molecule has 0 unspecified atom stereocenters. The molecule has 1 N–H and O–H groups in total. The van der Waals surface area contributed by atoms with Gasteiger partial charge in [0.25, 0.3) is 5.91 Å². The molecule has 1 amide bonds. The first-order valence-electron chi connectivity index (χ1n) is 9.10. The lowest BCUT2D eigenvalue weighted by Crippen LogP contribution is -2.25. The van der Waals surface area contributed by atoms with Gasteiger partial charge in [0.2, 0.25) is 0 Å². The van der Waals surface area contributed by atoms with Crippen LogP contribution in [0, 0.1) is 6.92 Å². The topological polar surface area (TPSA) is 59.8 Å². The Morgan fingerprint density at radius 3 is 2.83 bits per heavy atom. The number of aryl methyl sites for hydroxylation is 1. The third-order valence-electron chi connectivity index (χ3n) is 4.56. The molecule has 0 spiro atoms. The minimum atomic E-state index is -0.0855. The Kier molecular flexibility index (Phi) is 5.85. The number of carbonyl (C=O) groups is 1. The van der Waals surface area contributed by atoms with Gasteiger partial charge in [-0.05, 0) is 42.8 Å². The zero-order valence-electron chi connectivity index (χ0n) is 15.7. The number of aromatic nitrogens is 3. The number of fused-ring (bicyclic) bond motifs is 1. The zero-order chi connectivity index (χ0) is 20.4. The molecule has 0 fully saturated rings. The van der Waals surface area contributed by atoms with Crippen molar-refractivity contribution in [2.75, 3.05) is 6.54 Å².